The predicted octanol–water partition coefficient (Wildman–Crippen LogP) is 1.98. The molecule has 0 unspecified atom stereocenters. The summed E-state index contributed by atoms with van der Waals surface area (Å²) in [6, 6.07) is 4.26. The zero-order valence-electron chi connectivity index (χ0n) is 8.09. The van der Waals surface area contributed by atoms with Gasteiger partial charge in [-0.2, -0.15) is 0 Å². The lowest BCUT2D eigenvalue weighted by Crippen LogP contribution is -2.03. The Hall–Kier alpha value is -2.30. The molecule has 0 atom stereocenters. The van der Waals surface area contributed by atoms with Crippen LogP contribution in [0.3, 0.4) is 0 Å². The third-order valence-corrected chi connectivity index (χ3v) is 2.07. The van der Waals surface area contributed by atoms with Gasteiger partial charge in [-0.3, -0.25) is 9.97 Å². The van der Waals surface area contributed by atoms with E-state index in [9.17, 15) is 9.18 Å². The van der Waals surface area contributed by atoms with Crippen molar-refractivity contribution >= 4 is 5.97 Å². The minimum Gasteiger partial charge on any atom is -0.478 e. The van der Waals surface area contributed by atoms with Crippen molar-refractivity contribution in [2.75, 3.05) is 0 Å². The molecule has 1 N–H and O–H groups in total. The van der Waals surface area contributed by atoms with Crippen molar-refractivity contribution in [2.24, 2.45) is 0 Å². The van der Waals surface area contributed by atoms with Gasteiger partial charge in [0.15, 0.2) is 5.82 Å². The lowest BCUT2D eigenvalue weighted by molar-refractivity contribution is 0.0692. The molecule has 80 valence electrons. The van der Waals surface area contributed by atoms with Crippen LogP contribution in [0.15, 0.2) is 36.8 Å². The molecule has 5 heteroatoms. The largest absolute Gasteiger partial charge is 0.478 e. The fourth-order valence-electron chi connectivity index (χ4n) is 1.32. The molecule has 0 aliphatic heterocycles. The maximum absolute atomic E-state index is 13.7. The molecule has 16 heavy (non-hydrogen) atoms. The van der Waals surface area contributed by atoms with Gasteiger partial charge in [-0.15, -0.1) is 0 Å². The summed E-state index contributed by atoms with van der Waals surface area (Å²) in [4.78, 5) is 18.3. The first kappa shape index (κ1) is 10.2. The van der Waals surface area contributed by atoms with Crippen LogP contribution in [0.1, 0.15) is 10.4 Å². The number of aromatic nitrogens is 2. The van der Waals surface area contributed by atoms with Gasteiger partial charge in [-0.1, -0.05) is 0 Å². The molecule has 2 rings (SSSR count). The number of pyridine rings is 2. The summed E-state index contributed by atoms with van der Waals surface area (Å²) in [5.41, 5.74) is 0.125. The zero-order valence-corrected chi connectivity index (χ0v) is 8.09. The van der Waals surface area contributed by atoms with Crippen molar-refractivity contribution in [3.05, 3.63) is 48.2 Å². The van der Waals surface area contributed by atoms with E-state index in [4.69, 9.17) is 5.11 Å². The Morgan fingerprint density at radius 3 is 2.50 bits per heavy atom. The SMILES string of the molecule is O=C(O)c1ccnc(-c2ccncc2)c1F. The third kappa shape index (κ3) is 1.75. The third-order valence-electron chi connectivity index (χ3n) is 2.07. The van der Waals surface area contributed by atoms with Crippen molar-refractivity contribution in [3.8, 4) is 11.3 Å². The number of carbonyl (C=O) groups is 1. The minimum absolute atomic E-state index is 0.0160. The Labute approximate surface area is 90.4 Å². The van der Waals surface area contributed by atoms with Gasteiger partial charge in [-0.05, 0) is 18.2 Å². The van der Waals surface area contributed by atoms with Crippen LogP contribution >= 0.6 is 0 Å². The molecule has 0 aliphatic rings. The Morgan fingerprint density at radius 2 is 1.88 bits per heavy atom. The maximum atomic E-state index is 13.7. The summed E-state index contributed by atoms with van der Waals surface area (Å²) in [6.07, 6.45) is 4.25. The first-order valence-electron chi connectivity index (χ1n) is 4.48. The molecule has 0 aromatic carbocycles. The molecule has 0 spiro atoms. The predicted molar refractivity (Wildman–Crippen MR) is 54.4 cm³/mol. The monoisotopic (exact) mass is 218 g/mol. The van der Waals surface area contributed by atoms with E-state index in [2.05, 4.69) is 9.97 Å². The van der Waals surface area contributed by atoms with E-state index in [1.54, 1.807) is 12.1 Å². The summed E-state index contributed by atoms with van der Waals surface area (Å²) in [7, 11) is 0. The molecule has 0 amide bonds. The van der Waals surface area contributed by atoms with E-state index in [-0.39, 0.29) is 11.3 Å². The Bertz CT molecular complexity index is 529. The normalized spacial score (nSPS) is 10.1. The highest BCUT2D eigenvalue weighted by molar-refractivity contribution is 5.89. The Balaban J connectivity index is 2.59. The van der Waals surface area contributed by atoms with Crippen LogP contribution in [0, 0.1) is 5.82 Å². The first-order valence-corrected chi connectivity index (χ1v) is 4.48. The fourth-order valence-corrected chi connectivity index (χ4v) is 1.32. The van der Waals surface area contributed by atoms with Crippen LogP contribution in [0.25, 0.3) is 11.3 Å². The minimum atomic E-state index is -1.31. The van der Waals surface area contributed by atoms with Crippen molar-refractivity contribution in [3.63, 3.8) is 0 Å². The van der Waals surface area contributed by atoms with Gasteiger partial charge in [0.2, 0.25) is 0 Å². The lowest BCUT2D eigenvalue weighted by Gasteiger charge is -2.03. The summed E-state index contributed by atoms with van der Waals surface area (Å²) in [6.45, 7) is 0. The van der Waals surface area contributed by atoms with E-state index < -0.39 is 11.8 Å². The van der Waals surface area contributed by atoms with Gasteiger partial charge >= 0.3 is 5.97 Å². The summed E-state index contributed by atoms with van der Waals surface area (Å²) >= 11 is 0. The number of hydrogen-bond acceptors (Lipinski definition) is 3. The van der Waals surface area contributed by atoms with Gasteiger partial charge in [-0.25, -0.2) is 9.18 Å². The van der Waals surface area contributed by atoms with Crippen molar-refractivity contribution < 1.29 is 14.3 Å². The van der Waals surface area contributed by atoms with Crippen LogP contribution in [0.4, 0.5) is 4.39 Å². The van der Waals surface area contributed by atoms with Crippen LogP contribution in [-0.4, -0.2) is 21.0 Å². The van der Waals surface area contributed by atoms with Crippen molar-refractivity contribution in [1.29, 1.82) is 0 Å². The number of aromatic carboxylic acids is 1. The maximum Gasteiger partial charge on any atom is 0.338 e. The number of rotatable bonds is 2. The average Bonchev–Trinajstić information content (AvgIpc) is 2.30. The van der Waals surface area contributed by atoms with Crippen molar-refractivity contribution in [2.45, 2.75) is 0 Å². The number of carboxylic acids is 1. The van der Waals surface area contributed by atoms with E-state index in [1.165, 1.54) is 18.6 Å². The quantitative estimate of drug-likeness (QED) is 0.837. The molecule has 2 heterocycles. The second-order valence-electron chi connectivity index (χ2n) is 3.06. The topological polar surface area (TPSA) is 63.1 Å². The van der Waals surface area contributed by atoms with Gasteiger partial charge in [0.1, 0.15) is 5.69 Å². The molecular formula is C11H7FN2O2. The first-order chi connectivity index (χ1) is 7.70. The van der Waals surface area contributed by atoms with Gasteiger partial charge in [0.25, 0.3) is 0 Å². The summed E-state index contributed by atoms with van der Waals surface area (Å²) in [5, 5.41) is 8.76. The molecule has 0 bridgehead atoms. The molecule has 2 aromatic rings. The number of nitrogens with zero attached hydrogens (tertiary/aromatic N) is 2. The summed E-state index contributed by atoms with van der Waals surface area (Å²) in [5.74, 6) is -2.14. The smallest absolute Gasteiger partial charge is 0.338 e. The van der Waals surface area contributed by atoms with Gasteiger partial charge in [0, 0.05) is 24.2 Å². The van der Waals surface area contributed by atoms with E-state index in [1.807, 2.05) is 0 Å². The number of carboxylic acid groups (broad SMARTS) is 1. The summed E-state index contributed by atoms with van der Waals surface area (Å²) < 4.78 is 13.7. The molecule has 2 aromatic heterocycles. The molecule has 0 radical (unpaired) electrons. The van der Waals surface area contributed by atoms with Crippen LogP contribution < -0.4 is 0 Å². The Kier molecular flexibility index (Phi) is 2.59. The molecule has 4 nitrogen and oxygen atoms in total. The van der Waals surface area contributed by atoms with Crippen LogP contribution in [0.5, 0.6) is 0 Å². The molecule has 0 aliphatic carbocycles. The highest BCUT2D eigenvalue weighted by Gasteiger charge is 2.15. The average molecular weight is 218 g/mol. The highest BCUT2D eigenvalue weighted by Crippen LogP contribution is 2.21. The second kappa shape index (κ2) is 4.06. The standard InChI is InChI=1S/C11H7FN2O2/c12-9-8(11(15)16)3-6-14-10(9)7-1-4-13-5-2-7/h1-6H,(H,15,16). The van der Waals surface area contributed by atoms with E-state index in [0.717, 1.165) is 6.07 Å². The van der Waals surface area contributed by atoms with Crippen LogP contribution in [-0.2, 0) is 0 Å². The van der Waals surface area contributed by atoms with Crippen LogP contribution in [0.2, 0.25) is 0 Å². The van der Waals surface area contributed by atoms with Crippen molar-refractivity contribution in [1.82, 2.24) is 9.97 Å². The highest BCUT2D eigenvalue weighted by atomic mass is 19.1. The second-order valence-corrected chi connectivity index (χ2v) is 3.06. The Morgan fingerprint density at radius 1 is 1.19 bits per heavy atom. The molecular weight excluding hydrogens is 211 g/mol. The number of halogens is 1. The molecule has 0 saturated carbocycles. The fraction of sp³-hybridized carbons (Fsp3) is 0. The van der Waals surface area contributed by atoms with Gasteiger partial charge in [0.05, 0.1) is 5.56 Å². The number of hydrogen-bond donors (Lipinski definition) is 1. The van der Waals surface area contributed by atoms with E-state index >= 15 is 0 Å². The molecule has 0 saturated heterocycles. The lowest BCUT2D eigenvalue weighted by atomic mass is 10.1. The zero-order chi connectivity index (χ0) is 11.5. The van der Waals surface area contributed by atoms with Gasteiger partial charge < -0.3 is 5.11 Å². The van der Waals surface area contributed by atoms with E-state index in [0.29, 0.717) is 5.56 Å². The molecule has 0 fully saturated rings.